The van der Waals surface area contributed by atoms with Gasteiger partial charge in [-0.25, -0.2) is 0 Å². The van der Waals surface area contributed by atoms with E-state index in [4.69, 9.17) is 10.6 Å². The Kier molecular flexibility index (Phi) is 3.16. The maximum atomic E-state index is 11.0. The van der Waals surface area contributed by atoms with Crippen LogP contribution in [-0.4, -0.2) is 22.7 Å². The van der Waals surface area contributed by atoms with Gasteiger partial charge in [-0.15, -0.1) is 0 Å². The normalized spacial score (nSPS) is 17.4. The molecule has 1 atom stereocenters. The molecule has 1 aliphatic rings. The zero-order valence-electron chi connectivity index (χ0n) is 10.7. The number of benzene rings is 1. The summed E-state index contributed by atoms with van der Waals surface area (Å²) in [5.74, 6) is -0.489. The number of hydrogen-bond acceptors (Lipinski definition) is 4. The van der Waals surface area contributed by atoms with Crippen LogP contribution in [0.4, 0.5) is 0 Å². The highest BCUT2D eigenvalue weighted by atomic mass is 16.6. The van der Waals surface area contributed by atoms with Gasteiger partial charge in [-0.2, -0.15) is 0 Å². The molecule has 0 radical (unpaired) electrons. The second-order valence-corrected chi connectivity index (χ2v) is 4.55. The van der Waals surface area contributed by atoms with E-state index in [1.54, 1.807) is 12.4 Å². The Morgan fingerprint density at radius 1 is 1.05 bits per heavy atom. The standard InChI is InChI=1S/C15H13N3O2/c16-15(19)14-9-13(18-20-14)12-3-1-10(2-4-12)11-5-7-17-8-6-11/h1-8,14H,9H2,(H2,16,19). The minimum Gasteiger partial charge on any atom is -0.382 e. The van der Waals surface area contributed by atoms with Crippen LogP contribution in [0.2, 0.25) is 0 Å². The van der Waals surface area contributed by atoms with E-state index in [-0.39, 0.29) is 0 Å². The zero-order chi connectivity index (χ0) is 13.9. The summed E-state index contributed by atoms with van der Waals surface area (Å²) in [4.78, 5) is 20.0. The largest absolute Gasteiger partial charge is 0.382 e. The number of rotatable bonds is 3. The van der Waals surface area contributed by atoms with E-state index in [2.05, 4.69) is 10.1 Å². The summed E-state index contributed by atoms with van der Waals surface area (Å²) in [6.07, 6.45) is 3.29. The van der Waals surface area contributed by atoms with Crippen LogP contribution < -0.4 is 5.73 Å². The number of nitrogens with two attached hydrogens (primary N) is 1. The maximum Gasteiger partial charge on any atom is 0.261 e. The van der Waals surface area contributed by atoms with E-state index >= 15 is 0 Å². The fourth-order valence-electron chi connectivity index (χ4n) is 2.10. The molecule has 5 heteroatoms. The first-order valence-electron chi connectivity index (χ1n) is 6.27. The van der Waals surface area contributed by atoms with Crippen LogP contribution in [0.3, 0.4) is 0 Å². The van der Waals surface area contributed by atoms with Gasteiger partial charge in [0.15, 0.2) is 0 Å². The highest BCUT2D eigenvalue weighted by Crippen LogP contribution is 2.21. The van der Waals surface area contributed by atoms with Crippen molar-refractivity contribution >= 4 is 11.6 Å². The molecule has 100 valence electrons. The van der Waals surface area contributed by atoms with Crippen molar-refractivity contribution in [1.82, 2.24) is 4.98 Å². The molecule has 0 saturated heterocycles. The molecule has 1 aromatic heterocycles. The number of primary amides is 1. The molecule has 1 aromatic carbocycles. The number of aromatic nitrogens is 1. The van der Waals surface area contributed by atoms with Crippen LogP contribution in [0, 0.1) is 0 Å². The fourth-order valence-corrected chi connectivity index (χ4v) is 2.10. The minimum absolute atomic E-state index is 0.421. The summed E-state index contributed by atoms with van der Waals surface area (Å²) in [6, 6.07) is 11.8. The Morgan fingerprint density at radius 2 is 1.65 bits per heavy atom. The van der Waals surface area contributed by atoms with Crippen molar-refractivity contribution in [2.45, 2.75) is 12.5 Å². The van der Waals surface area contributed by atoms with Gasteiger partial charge in [-0.1, -0.05) is 29.4 Å². The molecule has 2 aromatic rings. The summed E-state index contributed by atoms with van der Waals surface area (Å²) in [5.41, 5.74) is 9.08. The Hall–Kier alpha value is -2.69. The first-order chi connectivity index (χ1) is 9.74. The predicted molar refractivity (Wildman–Crippen MR) is 74.9 cm³/mol. The molecule has 0 spiro atoms. The summed E-state index contributed by atoms with van der Waals surface area (Å²) < 4.78 is 0. The average Bonchev–Trinajstić information content (AvgIpc) is 2.98. The smallest absolute Gasteiger partial charge is 0.261 e. The Labute approximate surface area is 116 Å². The third-order valence-corrected chi connectivity index (χ3v) is 3.22. The lowest BCUT2D eigenvalue weighted by Gasteiger charge is -2.04. The van der Waals surface area contributed by atoms with Crippen LogP contribution in [0.5, 0.6) is 0 Å². The number of carbonyl (C=O) groups is 1. The van der Waals surface area contributed by atoms with Gasteiger partial charge in [0.25, 0.3) is 5.91 Å². The molecule has 0 fully saturated rings. The van der Waals surface area contributed by atoms with Crippen molar-refractivity contribution < 1.29 is 9.63 Å². The molecule has 20 heavy (non-hydrogen) atoms. The third-order valence-electron chi connectivity index (χ3n) is 3.22. The summed E-state index contributed by atoms with van der Waals surface area (Å²) in [5, 5.41) is 3.92. The van der Waals surface area contributed by atoms with Crippen LogP contribution >= 0.6 is 0 Å². The number of amides is 1. The van der Waals surface area contributed by atoms with Gasteiger partial charge in [-0.05, 0) is 28.8 Å². The highest BCUT2D eigenvalue weighted by molar-refractivity contribution is 6.04. The number of nitrogens with zero attached hydrogens (tertiary/aromatic N) is 2. The van der Waals surface area contributed by atoms with Crippen LogP contribution in [-0.2, 0) is 9.63 Å². The summed E-state index contributed by atoms with van der Waals surface area (Å²) >= 11 is 0. The van der Waals surface area contributed by atoms with Crippen LogP contribution in [0.1, 0.15) is 12.0 Å². The number of oxime groups is 1. The summed E-state index contributed by atoms with van der Waals surface area (Å²) in [6.45, 7) is 0. The molecule has 1 unspecified atom stereocenters. The second kappa shape index (κ2) is 5.13. The topological polar surface area (TPSA) is 77.6 Å². The number of carbonyl (C=O) groups excluding carboxylic acids is 1. The van der Waals surface area contributed by atoms with Gasteiger partial charge >= 0.3 is 0 Å². The third kappa shape index (κ3) is 2.38. The molecular formula is C15H13N3O2. The number of hydrogen-bond donors (Lipinski definition) is 1. The first-order valence-corrected chi connectivity index (χ1v) is 6.27. The minimum atomic E-state index is -0.648. The quantitative estimate of drug-likeness (QED) is 0.919. The molecule has 3 rings (SSSR count). The van der Waals surface area contributed by atoms with Crippen molar-refractivity contribution in [3.8, 4) is 11.1 Å². The van der Waals surface area contributed by atoms with Crippen molar-refractivity contribution in [1.29, 1.82) is 0 Å². The highest BCUT2D eigenvalue weighted by Gasteiger charge is 2.26. The monoisotopic (exact) mass is 267 g/mol. The number of pyridine rings is 1. The van der Waals surface area contributed by atoms with Gasteiger partial charge in [0, 0.05) is 18.8 Å². The van der Waals surface area contributed by atoms with E-state index in [0.29, 0.717) is 6.42 Å². The van der Waals surface area contributed by atoms with Crippen molar-refractivity contribution in [3.05, 3.63) is 54.4 Å². The van der Waals surface area contributed by atoms with E-state index in [1.807, 2.05) is 36.4 Å². The van der Waals surface area contributed by atoms with E-state index < -0.39 is 12.0 Å². The molecule has 2 N–H and O–H groups in total. The van der Waals surface area contributed by atoms with Gasteiger partial charge in [0.1, 0.15) is 0 Å². The van der Waals surface area contributed by atoms with Crippen molar-refractivity contribution in [2.75, 3.05) is 0 Å². The summed E-state index contributed by atoms with van der Waals surface area (Å²) in [7, 11) is 0. The lowest BCUT2D eigenvalue weighted by molar-refractivity contribution is -0.127. The molecular weight excluding hydrogens is 254 g/mol. The molecule has 0 bridgehead atoms. The Balaban J connectivity index is 1.79. The van der Waals surface area contributed by atoms with Gasteiger partial charge < -0.3 is 10.6 Å². The second-order valence-electron chi connectivity index (χ2n) is 4.55. The molecule has 1 aliphatic heterocycles. The lowest BCUT2D eigenvalue weighted by atomic mass is 10.0. The molecule has 5 nitrogen and oxygen atoms in total. The molecule has 0 aliphatic carbocycles. The molecule has 0 saturated carbocycles. The lowest BCUT2D eigenvalue weighted by Crippen LogP contribution is -2.28. The van der Waals surface area contributed by atoms with Gasteiger partial charge in [-0.3, -0.25) is 9.78 Å². The fraction of sp³-hybridized carbons (Fsp3) is 0.133. The average molecular weight is 267 g/mol. The van der Waals surface area contributed by atoms with Gasteiger partial charge in [0.05, 0.1) is 5.71 Å². The maximum absolute atomic E-state index is 11.0. The van der Waals surface area contributed by atoms with Crippen molar-refractivity contribution in [3.63, 3.8) is 0 Å². The predicted octanol–water partition coefficient (Wildman–Crippen LogP) is 1.73. The molecule has 2 heterocycles. The van der Waals surface area contributed by atoms with E-state index in [9.17, 15) is 4.79 Å². The van der Waals surface area contributed by atoms with E-state index in [0.717, 1.165) is 22.4 Å². The van der Waals surface area contributed by atoms with Crippen LogP contribution in [0.25, 0.3) is 11.1 Å². The zero-order valence-corrected chi connectivity index (χ0v) is 10.7. The Bertz CT molecular complexity index is 651. The molecule has 1 amide bonds. The van der Waals surface area contributed by atoms with E-state index in [1.165, 1.54) is 0 Å². The van der Waals surface area contributed by atoms with Gasteiger partial charge in [0.2, 0.25) is 6.10 Å². The SMILES string of the molecule is NC(=O)C1CC(c2ccc(-c3ccncc3)cc2)=NO1. The first kappa shape index (κ1) is 12.3. The van der Waals surface area contributed by atoms with Crippen molar-refractivity contribution in [2.24, 2.45) is 10.9 Å². The van der Waals surface area contributed by atoms with Crippen LogP contribution in [0.15, 0.2) is 53.9 Å². The Morgan fingerprint density at radius 3 is 2.25 bits per heavy atom.